The Morgan fingerprint density at radius 2 is 2.07 bits per heavy atom. The van der Waals surface area contributed by atoms with E-state index in [1.165, 1.54) is 16.5 Å². The molecule has 2 amide bonds. The first kappa shape index (κ1) is 19.5. The van der Waals surface area contributed by atoms with Crippen LogP contribution in [-0.4, -0.2) is 29.9 Å². The van der Waals surface area contributed by atoms with Gasteiger partial charge in [-0.2, -0.15) is 0 Å². The summed E-state index contributed by atoms with van der Waals surface area (Å²) in [5.74, 6) is -0.458. The molecule has 1 aliphatic rings. The monoisotopic (exact) mass is 409 g/mol. The highest BCUT2D eigenvalue weighted by Gasteiger charge is 2.35. The number of H-pyrrole nitrogens is 1. The number of nitrogens with one attached hydrogen (secondary N) is 2. The molecular formula is C23H24ClN3O2. The molecule has 29 heavy (non-hydrogen) atoms. The minimum Gasteiger partial charge on any atom is -0.361 e. The molecule has 0 aliphatic carbocycles. The van der Waals surface area contributed by atoms with Crippen LogP contribution in [-0.2, 0) is 16.0 Å². The van der Waals surface area contributed by atoms with Crippen LogP contribution in [0.25, 0.3) is 10.9 Å². The fourth-order valence-corrected chi connectivity index (χ4v) is 4.02. The standard InChI is InChI=1S/C23H24ClN3O2/c1-14-3-6-21-19(9-14)16(12-26-21)7-8-25-23(29)17-10-22(28)27(13-17)18-5-4-15(2)20(24)11-18/h3-6,9,11-12,17,26H,7-8,10,13H2,1-2H3,(H,25,29)/t17-/m0/s1. The van der Waals surface area contributed by atoms with E-state index < -0.39 is 0 Å². The molecule has 4 rings (SSSR count). The lowest BCUT2D eigenvalue weighted by atomic mass is 10.1. The van der Waals surface area contributed by atoms with Crippen molar-refractivity contribution in [3.05, 3.63) is 64.3 Å². The summed E-state index contributed by atoms with van der Waals surface area (Å²) < 4.78 is 0. The second-order valence-corrected chi connectivity index (χ2v) is 8.15. The van der Waals surface area contributed by atoms with Gasteiger partial charge in [0.25, 0.3) is 0 Å². The molecule has 2 N–H and O–H groups in total. The van der Waals surface area contributed by atoms with Gasteiger partial charge in [0.15, 0.2) is 0 Å². The summed E-state index contributed by atoms with van der Waals surface area (Å²) in [5, 5.41) is 4.81. The minimum atomic E-state index is -0.340. The smallest absolute Gasteiger partial charge is 0.227 e. The van der Waals surface area contributed by atoms with E-state index in [0.717, 1.165) is 23.2 Å². The fourth-order valence-electron chi connectivity index (χ4n) is 3.85. The lowest BCUT2D eigenvalue weighted by Crippen LogP contribution is -2.34. The number of amides is 2. The Morgan fingerprint density at radius 3 is 2.86 bits per heavy atom. The predicted molar refractivity (Wildman–Crippen MR) is 116 cm³/mol. The van der Waals surface area contributed by atoms with Crippen LogP contribution in [0.4, 0.5) is 5.69 Å². The summed E-state index contributed by atoms with van der Waals surface area (Å²) >= 11 is 6.19. The van der Waals surface area contributed by atoms with Crippen LogP contribution in [0.1, 0.15) is 23.1 Å². The van der Waals surface area contributed by atoms with E-state index in [1.54, 1.807) is 11.0 Å². The number of aromatic nitrogens is 1. The van der Waals surface area contributed by atoms with Crippen molar-refractivity contribution in [3.8, 4) is 0 Å². The van der Waals surface area contributed by atoms with Crippen molar-refractivity contribution in [3.63, 3.8) is 0 Å². The van der Waals surface area contributed by atoms with Gasteiger partial charge in [-0.25, -0.2) is 0 Å². The zero-order valence-corrected chi connectivity index (χ0v) is 17.3. The molecule has 1 atom stereocenters. The summed E-state index contributed by atoms with van der Waals surface area (Å²) in [6.45, 7) is 4.92. The number of fused-ring (bicyclic) bond motifs is 1. The molecule has 1 fully saturated rings. The molecule has 6 heteroatoms. The van der Waals surface area contributed by atoms with E-state index in [0.29, 0.717) is 18.1 Å². The first-order valence-electron chi connectivity index (χ1n) is 9.83. The summed E-state index contributed by atoms with van der Waals surface area (Å²) in [4.78, 5) is 30.0. The Hall–Kier alpha value is -2.79. The molecule has 0 unspecified atom stereocenters. The van der Waals surface area contributed by atoms with Gasteiger partial charge in [-0.15, -0.1) is 0 Å². The molecule has 2 aromatic carbocycles. The number of anilines is 1. The Kier molecular flexibility index (Phi) is 5.33. The van der Waals surface area contributed by atoms with Crippen molar-refractivity contribution >= 4 is 40.0 Å². The molecule has 1 saturated heterocycles. The van der Waals surface area contributed by atoms with Crippen LogP contribution in [0.15, 0.2) is 42.6 Å². The summed E-state index contributed by atoms with van der Waals surface area (Å²) in [7, 11) is 0. The second kappa shape index (κ2) is 7.91. The normalized spacial score (nSPS) is 16.6. The predicted octanol–water partition coefficient (Wildman–Crippen LogP) is 4.15. The van der Waals surface area contributed by atoms with Crippen LogP contribution in [0.2, 0.25) is 5.02 Å². The van der Waals surface area contributed by atoms with E-state index >= 15 is 0 Å². The van der Waals surface area contributed by atoms with Crippen LogP contribution in [0, 0.1) is 19.8 Å². The first-order valence-corrected chi connectivity index (χ1v) is 10.2. The van der Waals surface area contributed by atoms with Crippen molar-refractivity contribution in [1.29, 1.82) is 0 Å². The number of hydrogen-bond acceptors (Lipinski definition) is 2. The van der Waals surface area contributed by atoms with Crippen LogP contribution >= 0.6 is 11.6 Å². The molecule has 0 radical (unpaired) electrons. The molecule has 1 aliphatic heterocycles. The van der Waals surface area contributed by atoms with Gasteiger partial charge in [-0.1, -0.05) is 29.3 Å². The number of aromatic amines is 1. The SMILES string of the molecule is Cc1ccc2[nH]cc(CCNC(=O)[C@H]3CC(=O)N(c4ccc(C)c(Cl)c4)C3)c2c1. The lowest BCUT2D eigenvalue weighted by Gasteiger charge is -2.17. The number of carbonyl (C=O) groups excluding carboxylic acids is 2. The molecule has 0 saturated carbocycles. The zero-order valence-electron chi connectivity index (χ0n) is 16.6. The second-order valence-electron chi connectivity index (χ2n) is 7.74. The summed E-state index contributed by atoms with van der Waals surface area (Å²) in [5.41, 5.74) is 5.20. The highest BCUT2D eigenvalue weighted by Crippen LogP contribution is 2.29. The highest BCUT2D eigenvalue weighted by molar-refractivity contribution is 6.31. The highest BCUT2D eigenvalue weighted by atomic mass is 35.5. The molecule has 3 aromatic rings. The Morgan fingerprint density at radius 1 is 1.24 bits per heavy atom. The summed E-state index contributed by atoms with van der Waals surface area (Å²) in [6.07, 6.45) is 2.97. The molecular weight excluding hydrogens is 386 g/mol. The number of hydrogen-bond donors (Lipinski definition) is 2. The van der Waals surface area contributed by atoms with Gasteiger partial charge in [0.05, 0.1) is 5.92 Å². The molecule has 0 bridgehead atoms. The van der Waals surface area contributed by atoms with Crippen molar-refractivity contribution in [1.82, 2.24) is 10.3 Å². The minimum absolute atomic E-state index is 0.0443. The largest absolute Gasteiger partial charge is 0.361 e. The van der Waals surface area contributed by atoms with Crippen molar-refractivity contribution in [2.75, 3.05) is 18.0 Å². The molecule has 5 nitrogen and oxygen atoms in total. The lowest BCUT2D eigenvalue weighted by molar-refractivity contribution is -0.126. The third kappa shape index (κ3) is 4.01. The van der Waals surface area contributed by atoms with Gasteiger partial charge in [0.2, 0.25) is 11.8 Å². The molecule has 150 valence electrons. The van der Waals surface area contributed by atoms with E-state index in [-0.39, 0.29) is 24.2 Å². The number of rotatable bonds is 5. The number of nitrogens with zero attached hydrogens (tertiary/aromatic N) is 1. The van der Waals surface area contributed by atoms with Crippen LogP contribution < -0.4 is 10.2 Å². The first-order chi connectivity index (χ1) is 13.9. The zero-order chi connectivity index (χ0) is 20.5. The van der Waals surface area contributed by atoms with Gasteiger partial charge in [0, 0.05) is 47.3 Å². The van der Waals surface area contributed by atoms with Crippen LogP contribution in [0.3, 0.4) is 0 Å². The van der Waals surface area contributed by atoms with Gasteiger partial charge in [0.1, 0.15) is 0 Å². The van der Waals surface area contributed by atoms with Gasteiger partial charge in [-0.3, -0.25) is 9.59 Å². The number of aryl methyl sites for hydroxylation is 2. The summed E-state index contributed by atoms with van der Waals surface area (Å²) in [6, 6.07) is 11.9. The third-order valence-electron chi connectivity index (χ3n) is 5.58. The maximum absolute atomic E-state index is 12.6. The Labute approximate surface area is 175 Å². The van der Waals surface area contributed by atoms with Crippen LogP contribution in [0.5, 0.6) is 0 Å². The number of carbonyl (C=O) groups is 2. The Bertz CT molecular complexity index is 1090. The van der Waals surface area contributed by atoms with E-state index in [1.807, 2.05) is 25.3 Å². The van der Waals surface area contributed by atoms with Crippen molar-refractivity contribution in [2.24, 2.45) is 5.92 Å². The fraction of sp³-hybridized carbons (Fsp3) is 0.304. The topological polar surface area (TPSA) is 65.2 Å². The third-order valence-corrected chi connectivity index (χ3v) is 5.99. The average Bonchev–Trinajstić information content (AvgIpc) is 3.27. The molecule has 0 spiro atoms. The van der Waals surface area contributed by atoms with E-state index in [4.69, 9.17) is 11.6 Å². The molecule has 1 aromatic heterocycles. The van der Waals surface area contributed by atoms with Gasteiger partial charge >= 0.3 is 0 Å². The van der Waals surface area contributed by atoms with E-state index in [9.17, 15) is 9.59 Å². The van der Waals surface area contributed by atoms with E-state index in [2.05, 4.69) is 35.4 Å². The quantitative estimate of drug-likeness (QED) is 0.664. The van der Waals surface area contributed by atoms with Gasteiger partial charge < -0.3 is 15.2 Å². The maximum atomic E-state index is 12.6. The number of halogens is 1. The molecule has 2 heterocycles. The Balaban J connectivity index is 1.36. The number of benzene rings is 2. The maximum Gasteiger partial charge on any atom is 0.227 e. The van der Waals surface area contributed by atoms with Crippen molar-refractivity contribution in [2.45, 2.75) is 26.7 Å². The average molecular weight is 410 g/mol. The van der Waals surface area contributed by atoms with Crippen molar-refractivity contribution < 1.29 is 9.59 Å². The van der Waals surface area contributed by atoms with Gasteiger partial charge in [-0.05, 0) is 55.7 Å².